The monoisotopic (exact) mass is 249 g/mol. The Morgan fingerprint density at radius 2 is 2.35 bits per heavy atom. The standard InChI is InChI=1S/C14H16ClNO/c1-10-12(15)7-4-8-13(10)16-14(17)9-11-5-2-3-6-11/h2,4-5,7-8,11H,3,6,9H2,1H3,(H,16,17)/t11-/m1/s1. The molecule has 1 aromatic rings. The van der Waals surface area contributed by atoms with Gasteiger partial charge in [0.05, 0.1) is 0 Å². The van der Waals surface area contributed by atoms with E-state index in [1.54, 1.807) is 0 Å². The van der Waals surface area contributed by atoms with E-state index in [9.17, 15) is 4.79 Å². The molecule has 0 heterocycles. The van der Waals surface area contributed by atoms with Crippen molar-refractivity contribution in [3.8, 4) is 0 Å². The van der Waals surface area contributed by atoms with E-state index >= 15 is 0 Å². The Balaban J connectivity index is 1.98. The first-order chi connectivity index (χ1) is 8.16. The van der Waals surface area contributed by atoms with Crippen molar-refractivity contribution < 1.29 is 4.79 Å². The first-order valence-corrected chi connectivity index (χ1v) is 6.26. The maximum Gasteiger partial charge on any atom is 0.224 e. The number of rotatable bonds is 3. The Labute approximate surface area is 107 Å². The van der Waals surface area contributed by atoms with Crippen molar-refractivity contribution in [1.82, 2.24) is 0 Å². The minimum atomic E-state index is 0.0620. The van der Waals surface area contributed by atoms with Crippen molar-refractivity contribution in [3.05, 3.63) is 40.9 Å². The first kappa shape index (κ1) is 12.2. The summed E-state index contributed by atoms with van der Waals surface area (Å²) < 4.78 is 0. The summed E-state index contributed by atoms with van der Waals surface area (Å²) in [5, 5.41) is 3.60. The molecule has 1 aliphatic carbocycles. The molecule has 1 aromatic carbocycles. The summed E-state index contributed by atoms with van der Waals surface area (Å²) in [5.41, 5.74) is 1.73. The summed E-state index contributed by atoms with van der Waals surface area (Å²) in [7, 11) is 0. The molecule has 17 heavy (non-hydrogen) atoms. The van der Waals surface area contributed by atoms with Crippen LogP contribution in [0.4, 0.5) is 5.69 Å². The number of halogens is 1. The lowest BCUT2D eigenvalue weighted by atomic mass is 10.0. The van der Waals surface area contributed by atoms with E-state index in [2.05, 4.69) is 17.5 Å². The molecule has 1 amide bonds. The molecule has 0 spiro atoms. The third-order valence-electron chi connectivity index (χ3n) is 3.10. The van der Waals surface area contributed by atoms with Crippen molar-refractivity contribution in [3.63, 3.8) is 0 Å². The second kappa shape index (κ2) is 5.37. The van der Waals surface area contributed by atoms with Crippen LogP contribution in [0.15, 0.2) is 30.4 Å². The number of hydrogen-bond donors (Lipinski definition) is 1. The highest BCUT2D eigenvalue weighted by Crippen LogP contribution is 2.25. The summed E-state index contributed by atoms with van der Waals surface area (Å²) in [6.45, 7) is 1.91. The minimum Gasteiger partial charge on any atom is -0.326 e. The van der Waals surface area contributed by atoms with E-state index in [0.29, 0.717) is 17.4 Å². The number of amides is 1. The minimum absolute atomic E-state index is 0.0620. The first-order valence-electron chi connectivity index (χ1n) is 5.88. The quantitative estimate of drug-likeness (QED) is 0.808. The number of nitrogens with one attached hydrogen (secondary N) is 1. The normalized spacial score (nSPS) is 18.4. The van der Waals surface area contributed by atoms with Crippen molar-refractivity contribution in [1.29, 1.82) is 0 Å². The van der Waals surface area contributed by atoms with Crippen LogP contribution in [0.1, 0.15) is 24.8 Å². The Morgan fingerprint density at radius 1 is 1.53 bits per heavy atom. The van der Waals surface area contributed by atoms with Crippen LogP contribution < -0.4 is 5.32 Å². The highest BCUT2D eigenvalue weighted by Gasteiger charge is 2.14. The molecule has 2 rings (SSSR count). The number of carbonyl (C=O) groups is 1. The van der Waals surface area contributed by atoms with Gasteiger partial charge in [-0.3, -0.25) is 4.79 Å². The summed E-state index contributed by atoms with van der Waals surface area (Å²) in [5.74, 6) is 0.460. The van der Waals surface area contributed by atoms with E-state index in [1.165, 1.54) is 0 Å². The molecule has 2 nitrogen and oxygen atoms in total. The van der Waals surface area contributed by atoms with E-state index in [1.807, 2.05) is 25.1 Å². The molecule has 1 atom stereocenters. The van der Waals surface area contributed by atoms with Gasteiger partial charge in [-0.1, -0.05) is 29.8 Å². The van der Waals surface area contributed by atoms with Gasteiger partial charge in [-0.15, -0.1) is 0 Å². The lowest BCUT2D eigenvalue weighted by molar-refractivity contribution is -0.116. The zero-order chi connectivity index (χ0) is 12.3. The molecular formula is C14H16ClNO. The van der Waals surface area contributed by atoms with Crippen LogP contribution in [0, 0.1) is 12.8 Å². The maximum absolute atomic E-state index is 11.8. The molecule has 90 valence electrons. The largest absolute Gasteiger partial charge is 0.326 e. The van der Waals surface area contributed by atoms with E-state index in [0.717, 1.165) is 24.1 Å². The second-order valence-corrected chi connectivity index (χ2v) is 4.84. The van der Waals surface area contributed by atoms with Crippen LogP contribution in [-0.4, -0.2) is 5.91 Å². The Hall–Kier alpha value is -1.28. The van der Waals surface area contributed by atoms with Crippen LogP contribution in [0.2, 0.25) is 5.02 Å². The van der Waals surface area contributed by atoms with Crippen molar-refractivity contribution in [2.45, 2.75) is 26.2 Å². The Kier molecular flexibility index (Phi) is 3.85. The van der Waals surface area contributed by atoms with Gasteiger partial charge in [-0.25, -0.2) is 0 Å². The van der Waals surface area contributed by atoms with Crippen molar-refractivity contribution >= 4 is 23.2 Å². The van der Waals surface area contributed by atoms with E-state index in [4.69, 9.17) is 11.6 Å². The Morgan fingerprint density at radius 3 is 3.06 bits per heavy atom. The lowest BCUT2D eigenvalue weighted by Gasteiger charge is -2.11. The average Bonchev–Trinajstić information content (AvgIpc) is 2.77. The van der Waals surface area contributed by atoms with Gasteiger partial charge in [-0.05, 0) is 43.4 Å². The molecule has 0 bridgehead atoms. The van der Waals surface area contributed by atoms with E-state index < -0.39 is 0 Å². The van der Waals surface area contributed by atoms with Gasteiger partial charge in [0.1, 0.15) is 0 Å². The van der Waals surface area contributed by atoms with Gasteiger partial charge in [0.2, 0.25) is 5.91 Å². The van der Waals surface area contributed by atoms with Crippen LogP contribution >= 0.6 is 11.6 Å². The SMILES string of the molecule is Cc1c(Cl)cccc1NC(=O)C[C@@H]1C=CCC1. The summed E-state index contributed by atoms with van der Waals surface area (Å²) in [6.07, 6.45) is 7.01. The van der Waals surface area contributed by atoms with Gasteiger partial charge in [-0.2, -0.15) is 0 Å². The van der Waals surface area contributed by atoms with Crippen molar-refractivity contribution in [2.75, 3.05) is 5.32 Å². The topological polar surface area (TPSA) is 29.1 Å². The molecular weight excluding hydrogens is 234 g/mol. The number of allylic oxidation sites excluding steroid dienone is 2. The molecule has 0 saturated carbocycles. The smallest absolute Gasteiger partial charge is 0.224 e. The zero-order valence-electron chi connectivity index (χ0n) is 9.87. The highest BCUT2D eigenvalue weighted by atomic mass is 35.5. The molecule has 3 heteroatoms. The van der Waals surface area contributed by atoms with Gasteiger partial charge < -0.3 is 5.32 Å². The predicted molar refractivity (Wildman–Crippen MR) is 71.3 cm³/mol. The van der Waals surface area contributed by atoms with E-state index in [-0.39, 0.29) is 5.91 Å². The summed E-state index contributed by atoms with van der Waals surface area (Å²) in [4.78, 5) is 11.8. The Bertz CT molecular complexity index is 454. The fourth-order valence-electron chi connectivity index (χ4n) is 2.05. The maximum atomic E-state index is 11.8. The van der Waals surface area contributed by atoms with Crippen LogP contribution in [0.25, 0.3) is 0 Å². The second-order valence-electron chi connectivity index (χ2n) is 4.43. The number of carbonyl (C=O) groups excluding carboxylic acids is 1. The summed E-state index contributed by atoms with van der Waals surface area (Å²) in [6, 6.07) is 5.55. The fraction of sp³-hybridized carbons (Fsp3) is 0.357. The third-order valence-corrected chi connectivity index (χ3v) is 3.51. The molecule has 0 aromatic heterocycles. The number of benzene rings is 1. The van der Waals surface area contributed by atoms with Crippen LogP contribution in [0.3, 0.4) is 0 Å². The third kappa shape index (κ3) is 3.10. The number of hydrogen-bond acceptors (Lipinski definition) is 1. The molecule has 1 aliphatic rings. The van der Waals surface area contributed by atoms with Crippen LogP contribution in [0.5, 0.6) is 0 Å². The van der Waals surface area contributed by atoms with Gasteiger partial charge in [0.25, 0.3) is 0 Å². The van der Waals surface area contributed by atoms with Gasteiger partial charge >= 0.3 is 0 Å². The fourth-order valence-corrected chi connectivity index (χ4v) is 2.22. The van der Waals surface area contributed by atoms with Gasteiger partial charge in [0.15, 0.2) is 0 Å². The zero-order valence-corrected chi connectivity index (χ0v) is 10.6. The lowest BCUT2D eigenvalue weighted by Crippen LogP contribution is -2.15. The molecule has 0 saturated heterocycles. The molecule has 0 fully saturated rings. The molecule has 0 unspecified atom stereocenters. The summed E-state index contributed by atoms with van der Waals surface area (Å²) >= 11 is 6.01. The predicted octanol–water partition coefficient (Wildman–Crippen LogP) is 3.94. The van der Waals surface area contributed by atoms with Crippen LogP contribution in [-0.2, 0) is 4.79 Å². The highest BCUT2D eigenvalue weighted by molar-refractivity contribution is 6.31. The molecule has 0 aliphatic heterocycles. The van der Waals surface area contributed by atoms with Gasteiger partial charge in [0, 0.05) is 17.1 Å². The van der Waals surface area contributed by atoms with Crippen molar-refractivity contribution in [2.24, 2.45) is 5.92 Å². The average molecular weight is 250 g/mol. The number of anilines is 1. The molecule has 0 radical (unpaired) electrons. The molecule has 1 N–H and O–H groups in total.